The summed E-state index contributed by atoms with van der Waals surface area (Å²) in [5, 5.41) is 2.97. The molecule has 2 heterocycles. The summed E-state index contributed by atoms with van der Waals surface area (Å²) in [7, 11) is 3.11. The van der Waals surface area contributed by atoms with Crippen LogP contribution >= 0.6 is 0 Å². The van der Waals surface area contributed by atoms with Gasteiger partial charge in [0.1, 0.15) is 11.3 Å². The van der Waals surface area contributed by atoms with Crippen LogP contribution in [0, 0.1) is 6.92 Å². The van der Waals surface area contributed by atoms with Crippen LogP contribution in [0.1, 0.15) is 15.9 Å². The Labute approximate surface area is 180 Å². The number of rotatable bonds is 7. The van der Waals surface area contributed by atoms with Crippen molar-refractivity contribution in [1.29, 1.82) is 0 Å². The maximum absolute atomic E-state index is 12.6. The molecule has 0 aliphatic carbocycles. The number of amides is 1. The third-order valence-corrected chi connectivity index (χ3v) is 5.08. The number of hydrogen-bond donors (Lipinski definition) is 1. The van der Waals surface area contributed by atoms with E-state index in [1.54, 1.807) is 38.6 Å². The molecule has 1 amide bonds. The Hall–Kier alpha value is -3.87. The molecule has 1 N–H and O–H groups in total. The summed E-state index contributed by atoms with van der Waals surface area (Å²) in [6.45, 7) is 3.02. The first-order chi connectivity index (χ1) is 15.1. The molecule has 0 bridgehead atoms. The molecule has 31 heavy (non-hydrogen) atoms. The highest BCUT2D eigenvalue weighted by Gasteiger charge is 2.15. The second-order valence-electron chi connectivity index (χ2n) is 7.12. The van der Waals surface area contributed by atoms with E-state index in [-0.39, 0.29) is 5.91 Å². The van der Waals surface area contributed by atoms with E-state index in [9.17, 15) is 4.79 Å². The smallest absolute Gasteiger partial charge is 0.251 e. The lowest BCUT2D eigenvalue weighted by Crippen LogP contribution is -2.27. The van der Waals surface area contributed by atoms with Crippen LogP contribution in [0.15, 0.2) is 60.8 Å². The van der Waals surface area contributed by atoms with Crippen molar-refractivity contribution in [1.82, 2.24) is 19.9 Å². The van der Waals surface area contributed by atoms with E-state index >= 15 is 0 Å². The molecular formula is C24H24N4O3. The number of hydrogen-bond acceptors (Lipinski definition) is 5. The molecule has 158 valence electrons. The lowest BCUT2D eigenvalue weighted by atomic mass is 10.1. The van der Waals surface area contributed by atoms with Crippen LogP contribution < -0.4 is 14.8 Å². The molecule has 0 unspecified atom stereocenters. The van der Waals surface area contributed by atoms with E-state index in [0.717, 1.165) is 22.6 Å². The van der Waals surface area contributed by atoms with Gasteiger partial charge in [0, 0.05) is 30.4 Å². The van der Waals surface area contributed by atoms with Crippen LogP contribution in [0.3, 0.4) is 0 Å². The number of ether oxygens (including phenoxy) is 2. The summed E-state index contributed by atoms with van der Waals surface area (Å²) in [4.78, 5) is 21.9. The van der Waals surface area contributed by atoms with E-state index in [0.29, 0.717) is 30.2 Å². The number of pyridine rings is 1. The van der Waals surface area contributed by atoms with Crippen LogP contribution in [0.25, 0.3) is 22.6 Å². The fourth-order valence-corrected chi connectivity index (χ4v) is 3.45. The summed E-state index contributed by atoms with van der Waals surface area (Å²) in [6.07, 6.45) is 1.75. The second-order valence-corrected chi connectivity index (χ2v) is 7.12. The predicted octanol–water partition coefficient (Wildman–Crippen LogP) is 3.85. The van der Waals surface area contributed by atoms with Gasteiger partial charge in [0.25, 0.3) is 5.91 Å². The minimum atomic E-state index is -0.185. The van der Waals surface area contributed by atoms with E-state index in [1.807, 2.05) is 16.7 Å². The zero-order valence-corrected chi connectivity index (χ0v) is 17.8. The number of imidazole rings is 1. The van der Waals surface area contributed by atoms with Gasteiger partial charge in [-0.3, -0.25) is 4.79 Å². The van der Waals surface area contributed by atoms with Gasteiger partial charge in [-0.15, -0.1) is 0 Å². The largest absolute Gasteiger partial charge is 0.493 e. The number of nitrogens with one attached hydrogen (secondary N) is 1. The van der Waals surface area contributed by atoms with Gasteiger partial charge in [0.15, 0.2) is 17.1 Å². The second kappa shape index (κ2) is 8.87. The molecule has 0 aliphatic rings. The Bertz CT molecular complexity index is 1220. The quantitative estimate of drug-likeness (QED) is 0.495. The molecule has 7 heteroatoms. The van der Waals surface area contributed by atoms with Crippen molar-refractivity contribution in [3.8, 4) is 22.9 Å². The summed E-state index contributed by atoms with van der Waals surface area (Å²) < 4.78 is 12.6. The number of nitrogens with zero attached hydrogens (tertiary/aromatic N) is 3. The average Bonchev–Trinajstić information content (AvgIpc) is 3.17. The number of carbonyl (C=O) groups is 1. The molecule has 0 atom stereocenters. The SMILES string of the molecule is COc1ccc(C(=O)NCCn2c(-c3ccc(C)cc3)nc3cccnc32)cc1OC. The number of aromatic nitrogens is 3. The number of fused-ring (bicyclic) bond motifs is 1. The van der Waals surface area contributed by atoms with Crippen molar-refractivity contribution in [2.75, 3.05) is 20.8 Å². The molecule has 4 rings (SSSR count). The van der Waals surface area contributed by atoms with E-state index in [1.165, 1.54) is 5.56 Å². The minimum Gasteiger partial charge on any atom is -0.493 e. The molecule has 4 aromatic rings. The van der Waals surface area contributed by atoms with Crippen molar-refractivity contribution in [2.45, 2.75) is 13.5 Å². The van der Waals surface area contributed by atoms with Crippen LogP contribution in [-0.4, -0.2) is 41.2 Å². The van der Waals surface area contributed by atoms with Gasteiger partial charge >= 0.3 is 0 Å². The Balaban J connectivity index is 1.54. The van der Waals surface area contributed by atoms with Crippen molar-refractivity contribution in [3.05, 3.63) is 71.9 Å². The summed E-state index contributed by atoms with van der Waals surface area (Å²) >= 11 is 0. The van der Waals surface area contributed by atoms with Gasteiger partial charge in [-0.2, -0.15) is 0 Å². The van der Waals surface area contributed by atoms with Crippen LogP contribution in [0.4, 0.5) is 0 Å². The number of methoxy groups -OCH3 is 2. The first-order valence-corrected chi connectivity index (χ1v) is 9.99. The molecule has 0 radical (unpaired) electrons. The fourth-order valence-electron chi connectivity index (χ4n) is 3.45. The normalized spacial score (nSPS) is 10.8. The van der Waals surface area contributed by atoms with Crippen molar-refractivity contribution < 1.29 is 14.3 Å². The fraction of sp³-hybridized carbons (Fsp3) is 0.208. The summed E-state index contributed by atoms with van der Waals surface area (Å²) in [5.41, 5.74) is 4.31. The molecule has 7 nitrogen and oxygen atoms in total. The van der Waals surface area contributed by atoms with Gasteiger partial charge in [0.2, 0.25) is 0 Å². The maximum atomic E-state index is 12.6. The first kappa shape index (κ1) is 20.4. The highest BCUT2D eigenvalue weighted by molar-refractivity contribution is 5.94. The molecule has 2 aromatic carbocycles. The minimum absolute atomic E-state index is 0.185. The number of aryl methyl sites for hydroxylation is 1. The Morgan fingerprint density at radius 2 is 1.81 bits per heavy atom. The highest BCUT2D eigenvalue weighted by Crippen LogP contribution is 2.27. The highest BCUT2D eigenvalue weighted by atomic mass is 16.5. The van der Waals surface area contributed by atoms with Crippen LogP contribution in [-0.2, 0) is 6.54 Å². The molecule has 0 spiro atoms. The predicted molar refractivity (Wildman–Crippen MR) is 120 cm³/mol. The standard InChI is InChI=1S/C24H24N4O3/c1-16-6-8-17(9-7-16)22-27-19-5-4-12-25-23(19)28(22)14-13-26-24(29)18-10-11-20(30-2)21(15-18)31-3/h4-12,15H,13-14H2,1-3H3,(H,26,29). The van der Waals surface area contributed by atoms with Gasteiger partial charge < -0.3 is 19.4 Å². The third kappa shape index (κ3) is 4.21. The van der Waals surface area contributed by atoms with E-state index in [2.05, 4.69) is 41.5 Å². The summed E-state index contributed by atoms with van der Waals surface area (Å²) in [5.74, 6) is 1.74. The van der Waals surface area contributed by atoms with Crippen LogP contribution in [0.2, 0.25) is 0 Å². The maximum Gasteiger partial charge on any atom is 0.251 e. The zero-order valence-electron chi connectivity index (χ0n) is 17.8. The Morgan fingerprint density at radius 3 is 2.55 bits per heavy atom. The van der Waals surface area contributed by atoms with Crippen LogP contribution in [0.5, 0.6) is 11.5 Å². The van der Waals surface area contributed by atoms with Gasteiger partial charge in [-0.05, 0) is 37.3 Å². The van der Waals surface area contributed by atoms with Gasteiger partial charge in [0.05, 0.1) is 14.2 Å². The van der Waals surface area contributed by atoms with Crippen molar-refractivity contribution in [3.63, 3.8) is 0 Å². The lowest BCUT2D eigenvalue weighted by Gasteiger charge is -2.12. The van der Waals surface area contributed by atoms with E-state index < -0.39 is 0 Å². The molecule has 0 saturated heterocycles. The molecule has 0 saturated carbocycles. The topological polar surface area (TPSA) is 78.3 Å². The van der Waals surface area contributed by atoms with Gasteiger partial charge in [-0.1, -0.05) is 29.8 Å². The first-order valence-electron chi connectivity index (χ1n) is 9.99. The van der Waals surface area contributed by atoms with E-state index in [4.69, 9.17) is 14.5 Å². The van der Waals surface area contributed by atoms with Crippen molar-refractivity contribution in [2.24, 2.45) is 0 Å². The Kier molecular flexibility index (Phi) is 5.84. The van der Waals surface area contributed by atoms with Gasteiger partial charge in [-0.25, -0.2) is 9.97 Å². The molecule has 0 fully saturated rings. The molecule has 0 aliphatic heterocycles. The Morgan fingerprint density at radius 1 is 1.03 bits per heavy atom. The monoisotopic (exact) mass is 416 g/mol. The van der Waals surface area contributed by atoms with Crippen molar-refractivity contribution >= 4 is 17.1 Å². The lowest BCUT2D eigenvalue weighted by molar-refractivity contribution is 0.0952. The zero-order chi connectivity index (χ0) is 21.8. The summed E-state index contributed by atoms with van der Waals surface area (Å²) in [6, 6.07) is 17.1. The number of carbonyl (C=O) groups excluding carboxylic acids is 1. The molecular weight excluding hydrogens is 392 g/mol. The number of benzene rings is 2. The third-order valence-electron chi connectivity index (χ3n) is 5.08. The average molecular weight is 416 g/mol. The molecule has 2 aromatic heterocycles.